The van der Waals surface area contributed by atoms with Crippen LogP contribution in [0.15, 0.2) is 12.1 Å². The Hall–Kier alpha value is -1.94. The quantitative estimate of drug-likeness (QED) is 0.0856. The molecule has 4 unspecified atom stereocenters. The minimum atomic E-state index is -1.63. The van der Waals surface area contributed by atoms with E-state index in [1.54, 1.807) is 0 Å². The standard InChI is InChI=1S/C34H36Cl6O8/c1-17-7-3-5-9-19(11-17)15-45-31(41)25-27(39)21(35)13-23(37)29(25)47-33(43)34(44)48-30-24(38)14-22(36)28(40)26(30)32(42)46-16-20-10-6-4-8-18(2)12-20/h13-14,17-20H,3-12,15-16H2,1-2H3. The molecule has 2 aromatic rings. The predicted molar refractivity (Wildman–Crippen MR) is 186 cm³/mol. The summed E-state index contributed by atoms with van der Waals surface area (Å²) in [6.07, 6.45) is 10.0. The Labute approximate surface area is 309 Å². The maximum atomic E-state index is 13.3. The number of carbonyl (C=O) groups excluding carboxylic acids is 4. The highest BCUT2D eigenvalue weighted by Crippen LogP contribution is 2.42. The van der Waals surface area contributed by atoms with E-state index in [4.69, 9.17) is 88.6 Å². The topological polar surface area (TPSA) is 105 Å². The van der Waals surface area contributed by atoms with Crippen LogP contribution in [0, 0.1) is 23.7 Å². The summed E-state index contributed by atoms with van der Waals surface area (Å²) in [4.78, 5) is 52.6. The number of benzene rings is 2. The van der Waals surface area contributed by atoms with Gasteiger partial charge < -0.3 is 18.9 Å². The summed E-state index contributed by atoms with van der Waals surface area (Å²) in [5.41, 5.74) is -0.886. The van der Waals surface area contributed by atoms with Crippen LogP contribution in [0.25, 0.3) is 0 Å². The Morgan fingerprint density at radius 2 is 0.938 bits per heavy atom. The first-order valence-corrected chi connectivity index (χ1v) is 18.2. The van der Waals surface area contributed by atoms with Crippen molar-refractivity contribution < 1.29 is 38.1 Å². The first-order chi connectivity index (χ1) is 22.8. The fourth-order valence-corrected chi connectivity index (χ4v) is 7.72. The smallest absolute Gasteiger partial charge is 0.423 e. The van der Waals surface area contributed by atoms with Gasteiger partial charge in [-0.2, -0.15) is 0 Å². The van der Waals surface area contributed by atoms with E-state index in [0.717, 1.165) is 76.3 Å². The molecular formula is C34H36Cl6O8. The van der Waals surface area contributed by atoms with Gasteiger partial charge in [0.05, 0.1) is 43.3 Å². The van der Waals surface area contributed by atoms with Crippen LogP contribution in [0.5, 0.6) is 11.5 Å². The molecule has 0 aliphatic heterocycles. The molecule has 0 aromatic heterocycles. The van der Waals surface area contributed by atoms with Crippen molar-refractivity contribution in [3.8, 4) is 11.5 Å². The molecule has 2 aromatic carbocycles. The van der Waals surface area contributed by atoms with Gasteiger partial charge in [0.1, 0.15) is 11.1 Å². The number of ether oxygens (including phenoxy) is 4. The van der Waals surface area contributed by atoms with Crippen molar-refractivity contribution in [3.63, 3.8) is 0 Å². The van der Waals surface area contributed by atoms with Crippen molar-refractivity contribution in [1.82, 2.24) is 0 Å². The molecule has 2 saturated carbocycles. The molecule has 0 N–H and O–H groups in total. The second kappa shape index (κ2) is 17.8. The normalized spacial score (nSPS) is 21.4. The van der Waals surface area contributed by atoms with Gasteiger partial charge in [0.2, 0.25) is 0 Å². The molecule has 0 amide bonds. The van der Waals surface area contributed by atoms with Gasteiger partial charge in [0, 0.05) is 0 Å². The van der Waals surface area contributed by atoms with Crippen molar-refractivity contribution in [2.75, 3.05) is 13.2 Å². The molecule has 0 radical (unpaired) electrons. The Kier molecular flexibility index (Phi) is 14.4. The SMILES string of the molecule is CC1CCCCC(COC(=O)c2c(Cl)c(Cl)cc(Cl)c2OC(=O)C(=O)Oc2c(Cl)cc(Cl)c(Cl)c2C(=O)OCC2CCCCC(C)C2)C1. The molecule has 0 bridgehead atoms. The van der Waals surface area contributed by atoms with E-state index >= 15 is 0 Å². The average molecular weight is 785 g/mol. The summed E-state index contributed by atoms with van der Waals surface area (Å²) in [5.74, 6) is -5.04. The molecule has 4 atom stereocenters. The monoisotopic (exact) mass is 782 g/mol. The van der Waals surface area contributed by atoms with Gasteiger partial charge in [-0.3, -0.25) is 0 Å². The third-order valence-corrected chi connectivity index (χ3v) is 10.8. The van der Waals surface area contributed by atoms with Crippen LogP contribution in [0.1, 0.15) is 98.8 Å². The fraction of sp³-hybridized carbons (Fsp3) is 0.529. The highest BCUT2D eigenvalue weighted by Gasteiger charge is 2.33. The van der Waals surface area contributed by atoms with Crippen molar-refractivity contribution in [3.05, 3.63) is 53.4 Å². The zero-order valence-corrected chi connectivity index (χ0v) is 31.0. The van der Waals surface area contributed by atoms with Crippen molar-refractivity contribution >= 4 is 93.5 Å². The van der Waals surface area contributed by atoms with Gasteiger partial charge in [-0.15, -0.1) is 0 Å². The minimum Gasteiger partial charge on any atom is -0.462 e. The van der Waals surface area contributed by atoms with Gasteiger partial charge in [-0.05, 0) is 61.5 Å². The van der Waals surface area contributed by atoms with Crippen LogP contribution < -0.4 is 9.47 Å². The van der Waals surface area contributed by atoms with Gasteiger partial charge in [-0.25, -0.2) is 19.2 Å². The number of hydrogen-bond donors (Lipinski definition) is 0. The second-order valence-corrected chi connectivity index (χ2v) is 15.1. The van der Waals surface area contributed by atoms with Crippen molar-refractivity contribution in [2.24, 2.45) is 23.7 Å². The van der Waals surface area contributed by atoms with Crippen LogP contribution >= 0.6 is 69.6 Å². The van der Waals surface area contributed by atoms with Crippen molar-refractivity contribution in [2.45, 2.75) is 78.1 Å². The lowest BCUT2D eigenvalue weighted by molar-refractivity contribution is -0.156. The molecular weight excluding hydrogens is 749 g/mol. The van der Waals surface area contributed by atoms with Gasteiger partial charge >= 0.3 is 23.9 Å². The summed E-state index contributed by atoms with van der Waals surface area (Å²) < 4.78 is 21.6. The molecule has 262 valence electrons. The van der Waals surface area contributed by atoms with Gasteiger partial charge in [0.15, 0.2) is 11.5 Å². The third kappa shape index (κ3) is 10.1. The van der Waals surface area contributed by atoms with E-state index in [1.165, 1.54) is 0 Å². The second-order valence-electron chi connectivity index (χ2n) is 12.7. The highest BCUT2D eigenvalue weighted by molar-refractivity contribution is 6.47. The van der Waals surface area contributed by atoms with E-state index in [0.29, 0.717) is 11.8 Å². The van der Waals surface area contributed by atoms with Crippen LogP contribution in [-0.2, 0) is 19.1 Å². The van der Waals surface area contributed by atoms with E-state index in [-0.39, 0.29) is 55.2 Å². The lowest BCUT2D eigenvalue weighted by Crippen LogP contribution is -2.28. The Bertz CT molecular complexity index is 1430. The average Bonchev–Trinajstić information content (AvgIpc) is 3.38. The van der Waals surface area contributed by atoms with Crippen molar-refractivity contribution in [1.29, 1.82) is 0 Å². The molecule has 0 spiro atoms. The molecule has 0 heterocycles. The summed E-state index contributed by atoms with van der Waals surface area (Å²) in [5, 5.41) is -1.41. The highest BCUT2D eigenvalue weighted by atomic mass is 35.5. The summed E-state index contributed by atoms with van der Waals surface area (Å²) in [7, 11) is 0. The number of hydrogen-bond acceptors (Lipinski definition) is 8. The first kappa shape index (κ1) is 38.9. The van der Waals surface area contributed by atoms with Crippen LogP contribution in [0.4, 0.5) is 0 Å². The van der Waals surface area contributed by atoms with E-state index in [1.807, 2.05) is 0 Å². The van der Waals surface area contributed by atoms with Gasteiger partial charge in [-0.1, -0.05) is 122 Å². The lowest BCUT2D eigenvalue weighted by Gasteiger charge is -2.19. The molecule has 8 nitrogen and oxygen atoms in total. The summed E-state index contributed by atoms with van der Waals surface area (Å²) in [6.45, 7) is 4.52. The molecule has 14 heteroatoms. The van der Waals surface area contributed by atoms with E-state index < -0.39 is 46.5 Å². The number of halogens is 6. The van der Waals surface area contributed by atoms with E-state index in [2.05, 4.69) is 13.8 Å². The van der Waals surface area contributed by atoms with Crippen LogP contribution in [0.3, 0.4) is 0 Å². The van der Waals surface area contributed by atoms with Crippen LogP contribution in [0.2, 0.25) is 30.1 Å². The summed E-state index contributed by atoms with van der Waals surface area (Å²) >= 11 is 37.6. The number of rotatable bonds is 8. The fourth-order valence-electron chi connectivity index (χ4n) is 6.29. The van der Waals surface area contributed by atoms with Gasteiger partial charge in [0.25, 0.3) is 0 Å². The zero-order chi connectivity index (χ0) is 35.1. The zero-order valence-electron chi connectivity index (χ0n) is 26.5. The molecule has 2 fully saturated rings. The Balaban J connectivity index is 1.52. The molecule has 0 saturated heterocycles. The Morgan fingerprint density at radius 3 is 1.31 bits per heavy atom. The molecule has 4 rings (SSSR count). The Morgan fingerprint density at radius 1 is 0.583 bits per heavy atom. The van der Waals surface area contributed by atoms with E-state index in [9.17, 15) is 19.2 Å². The maximum Gasteiger partial charge on any atom is 0.423 e. The number of carbonyl (C=O) groups is 4. The maximum absolute atomic E-state index is 13.3. The lowest BCUT2D eigenvalue weighted by atomic mass is 9.95. The largest absolute Gasteiger partial charge is 0.462 e. The minimum absolute atomic E-state index is 0.105. The molecule has 2 aliphatic carbocycles. The predicted octanol–water partition coefficient (Wildman–Crippen LogP) is 10.9. The third-order valence-electron chi connectivity index (χ3n) is 8.71. The first-order valence-electron chi connectivity index (χ1n) is 15.9. The van der Waals surface area contributed by atoms with Crippen LogP contribution in [-0.4, -0.2) is 37.1 Å². The number of esters is 4. The molecule has 48 heavy (non-hydrogen) atoms. The summed E-state index contributed by atoms with van der Waals surface area (Å²) in [6, 6.07) is 2.28. The molecule has 2 aliphatic rings.